The number of piperidine rings is 1. The fourth-order valence-corrected chi connectivity index (χ4v) is 3.22. The molecule has 0 saturated carbocycles. The van der Waals surface area contributed by atoms with Gasteiger partial charge in [-0.25, -0.2) is 4.79 Å². The average Bonchev–Trinajstić information content (AvgIpc) is 2.37. The highest BCUT2D eigenvalue weighted by atomic mass is 16.5. The van der Waals surface area contributed by atoms with Crippen molar-refractivity contribution in [2.75, 3.05) is 13.2 Å². The van der Waals surface area contributed by atoms with Crippen molar-refractivity contribution >= 4 is 11.9 Å². The highest BCUT2D eigenvalue weighted by molar-refractivity contribution is 5.87. The summed E-state index contributed by atoms with van der Waals surface area (Å²) in [4.78, 5) is 25.6. The lowest BCUT2D eigenvalue weighted by molar-refractivity contribution is -0.166. The van der Waals surface area contributed by atoms with Gasteiger partial charge in [0.05, 0.1) is 0 Å². The number of amides is 1. The van der Waals surface area contributed by atoms with Crippen molar-refractivity contribution in [3.05, 3.63) is 0 Å². The number of carbonyl (C=O) groups excluding carboxylic acids is 1. The number of hydrogen-bond acceptors (Lipinski definition) is 3. The van der Waals surface area contributed by atoms with Crippen LogP contribution in [0.25, 0.3) is 0 Å². The Labute approximate surface area is 113 Å². The Bertz CT molecular complexity index is 360. The molecule has 2 saturated heterocycles. The summed E-state index contributed by atoms with van der Waals surface area (Å²) in [6.07, 6.45) is 3.92. The molecule has 2 atom stereocenters. The van der Waals surface area contributed by atoms with Gasteiger partial charge in [0, 0.05) is 13.2 Å². The topological polar surface area (TPSA) is 66.8 Å². The van der Waals surface area contributed by atoms with Crippen LogP contribution in [0.4, 0.5) is 0 Å². The molecule has 1 N–H and O–H groups in total. The van der Waals surface area contributed by atoms with Gasteiger partial charge in [-0.1, -0.05) is 13.8 Å². The molecule has 108 valence electrons. The van der Waals surface area contributed by atoms with E-state index in [0.717, 1.165) is 25.7 Å². The Morgan fingerprint density at radius 3 is 2.58 bits per heavy atom. The Morgan fingerprint density at radius 1 is 1.26 bits per heavy atom. The lowest BCUT2D eigenvalue weighted by Gasteiger charge is -2.45. The number of aliphatic carboxylic acids is 1. The third-order valence-electron chi connectivity index (χ3n) is 4.24. The van der Waals surface area contributed by atoms with E-state index < -0.39 is 18.1 Å². The lowest BCUT2D eigenvalue weighted by atomic mass is 9.76. The van der Waals surface area contributed by atoms with E-state index in [-0.39, 0.29) is 11.3 Å². The van der Waals surface area contributed by atoms with Gasteiger partial charge in [0.1, 0.15) is 12.1 Å². The molecule has 2 heterocycles. The predicted octanol–water partition coefficient (Wildman–Crippen LogP) is 1.66. The van der Waals surface area contributed by atoms with Gasteiger partial charge in [0.15, 0.2) is 0 Å². The van der Waals surface area contributed by atoms with Gasteiger partial charge < -0.3 is 14.7 Å². The van der Waals surface area contributed by atoms with E-state index in [9.17, 15) is 14.7 Å². The monoisotopic (exact) mass is 269 g/mol. The van der Waals surface area contributed by atoms with E-state index in [1.807, 2.05) is 13.8 Å². The SMILES string of the molecule is CC1(C)CCCN(C(=O)C2CCCCO2)C1C(=O)O. The molecule has 0 aromatic heterocycles. The molecule has 2 aliphatic heterocycles. The van der Waals surface area contributed by atoms with Gasteiger partial charge in [-0.3, -0.25) is 4.79 Å². The minimum absolute atomic E-state index is 0.139. The Hall–Kier alpha value is -1.10. The molecule has 19 heavy (non-hydrogen) atoms. The number of hydrogen-bond donors (Lipinski definition) is 1. The largest absolute Gasteiger partial charge is 0.480 e. The van der Waals surface area contributed by atoms with Crippen molar-refractivity contribution in [3.63, 3.8) is 0 Å². The molecular formula is C14H23NO4. The molecule has 5 nitrogen and oxygen atoms in total. The molecule has 0 spiro atoms. The first-order valence-electron chi connectivity index (χ1n) is 7.08. The van der Waals surface area contributed by atoms with Gasteiger partial charge in [-0.2, -0.15) is 0 Å². The van der Waals surface area contributed by atoms with E-state index in [1.54, 1.807) is 0 Å². The highest BCUT2D eigenvalue weighted by Gasteiger charge is 2.46. The number of carboxylic acid groups (broad SMARTS) is 1. The molecule has 5 heteroatoms. The standard InChI is InChI=1S/C14H23NO4/c1-14(2)7-5-8-15(11(14)13(17)18)12(16)10-6-3-4-9-19-10/h10-11H,3-9H2,1-2H3,(H,17,18). The van der Waals surface area contributed by atoms with E-state index in [0.29, 0.717) is 19.6 Å². The van der Waals surface area contributed by atoms with Crippen LogP contribution in [0.2, 0.25) is 0 Å². The van der Waals surface area contributed by atoms with Crippen molar-refractivity contribution in [1.82, 2.24) is 4.90 Å². The first-order valence-corrected chi connectivity index (χ1v) is 7.08. The molecular weight excluding hydrogens is 246 g/mol. The summed E-state index contributed by atoms with van der Waals surface area (Å²) in [6, 6.07) is -0.737. The van der Waals surface area contributed by atoms with E-state index in [4.69, 9.17) is 4.74 Å². The first kappa shape index (κ1) is 14.3. The minimum Gasteiger partial charge on any atom is -0.480 e. The normalized spacial score (nSPS) is 30.9. The molecule has 0 aliphatic carbocycles. The molecule has 0 aromatic rings. The van der Waals surface area contributed by atoms with Crippen molar-refractivity contribution in [3.8, 4) is 0 Å². The van der Waals surface area contributed by atoms with Crippen molar-refractivity contribution < 1.29 is 19.4 Å². The van der Waals surface area contributed by atoms with Crippen LogP contribution in [-0.4, -0.2) is 47.2 Å². The van der Waals surface area contributed by atoms with Crippen molar-refractivity contribution in [2.45, 2.75) is 58.1 Å². The fraction of sp³-hybridized carbons (Fsp3) is 0.857. The van der Waals surface area contributed by atoms with Gasteiger partial charge in [0.25, 0.3) is 5.91 Å². The van der Waals surface area contributed by atoms with Gasteiger partial charge in [0.2, 0.25) is 0 Å². The van der Waals surface area contributed by atoms with E-state index >= 15 is 0 Å². The van der Waals surface area contributed by atoms with Crippen LogP contribution in [-0.2, 0) is 14.3 Å². The summed E-state index contributed by atoms with van der Waals surface area (Å²) in [5.41, 5.74) is -0.381. The van der Waals surface area contributed by atoms with Crippen LogP contribution in [0.5, 0.6) is 0 Å². The third kappa shape index (κ3) is 2.91. The molecule has 0 bridgehead atoms. The van der Waals surface area contributed by atoms with Crippen molar-refractivity contribution in [1.29, 1.82) is 0 Å². The summed E-state index contributed by atoms with van der Waals surface area (Å²) in [5.74, 6) is -1.05. The average molecular weight is 269 g/mol. The number of carbonyl (C=O) groups is 2. The number of rotatable bonds is 2. The van der Waals surface area contributed by atoms with Crippen LogP contribution in [0.3, 0.4) is 0 Å². The second kappa shape index (κ2) is 5.49. The zero-order valence-corrected chi connectivity index (χ0v) is 11.7. The summed E-state index contributed by atoms with van der Waals surface area (Å²) < 4.78 is 5.51. The molecule has 2 rings (SSSR count). The Morgan fingerprint density at radius 2 is 2.00 bits per heavy atom. The Kier molecular flexibility index (Phi) is 4.13. The van der Waals surface area contributed by atoms with Crippen LogP contribution in [0.1, 0.15) is 46.0 Å². The van der Waals surface area contributed by atoms with Crippen LogP contribution in [0, 0.1) is 5.41 Å². The zero-order valence-electron chi connectivity index (χ0n) is 11.7. The summed E-state index contributed by atoms with van der Waals surface area (Å²) in [7, 11) is 0. The van der Waals surface area contributed by atoms with Gasteiger partial charge in [-0.05, 0) is 37.5 Å². The van der Waals surface area contributed by atoms with Gasteiger partial charge in [-0.15, -0.1) is 0 Å². The molecule has 2 unspecified atom stereocenters. The zero-order chi connectivity index (χ0) is 14.0. The summed E-state index contributed by atoms with van der Waals surface area (Å²) in [6.45, 7) is 4.98. The summed E-state index contributed by atoms with van der Waals surface area (Å²) >= 11 is 0. The lowest BCUT2D eigenvalue weighted by Crippen LogP contribution is -2.58. The number of likely N-dealkylation sites (tertiary alicyclic amines) is 1. The molecule has 2 aliphatic rings. The quantitative estimate of drug-likeness (QED) is 0.828. The van der Waals surface area contributed by atoms with Gasteiger partial charge >= 0.3 is 5.97 Å². The van der Waals surface area contributed by atoms with Crippen LogP contribution in [0.15, 0.2) is 0 Å². The minimum atomic E-state index is -0.908. The Balaban J connectivity index is 2.15. The van der Waals surface area contributed by atoms with Crippen LogP contribution < -0.4 is 0 Å². The number of carboxylic acids is 1. The second-order valence-electron chi connectivity index (χ2n) is 6.22. The molecule has 1 amide bonds. The first-order chi connectivity index (χ1) is 8.93. The maximum Gasteiger partial charge on any atom is 0.326 e. The van der Waals surface area contributed by atoms with Crippen molar-refractivity contribution in [2.24, 2.45) is 5.41 Å². The second-order valence-corrected chi connectivity index (χ2v) is 6.22. The number of nitrogens with zero attached hydrogens (tertiary/aromatic N) is 1. The highest BCUT2D eigenvalue weighted by Crippen LogP contribution is 2.36. The fourth-order valence-electron chi connectivity index (χ4n) is 3.22. The number of ether oxygens (including phenoxy) is 1. The van der Waals surface area contributed by atoms with Crippen LogP contribution >= 0.6 is 0 Å². The molecule has 2 fully saturated rings. The van der Waals surface area contributed by atoms with E-state index in [2.05, 4.69) is 0 Å². The smallest absolute Gasteiger partial charge is 0.326 e. The summed E-state index contributed by atoms with van der Waals surface area (Å²) in [5, 5.41) is 9.46. The third-order valence-corrected chi connectivity index (χ3v) is 4.24. The maximum absolute atomic E-state index is 12.5. The molecule has 0 radical (unpaired) electrons. The predicted molar refractivity (Wildman–Crippen MR) is 69.7 cm³/mol. The van der Waals surface area contributed by atoms with E-state index in [1.165, 1.54) is 4.90 Å². The maximum atomic E-state index is 12.5. The molecule has 0 aromatic carbocycles.